The Balaban J connectivity index is 2.07. The van der Waals surface area contributed by atoms with Crippen LogP contribution in [-0.4, -0.2) is 27.6 Å². The summed E-state index contributed by atoms with van der Waals surface area (Å²) in [6.45, 7) is 0. The SMILES string of the molecule is COc1cccc(-c2nnc(SCCC#N)n2-c2ccccc2)c1. The molecule has 0 saturated heterocycles. The van der Waals surface area contributed by atoms with Crippen molar-refractivity contribution in [2.75, 3.05) is 12.9 Å². The van der Waals surface area contributed by atoms with E-state index >= 15 is 0 Å². The lowest BCUT2D eigenvalue weighted by atomic mass is 10.2. The molecule has 0 fully saturated rings. The molecule has 5 nitrogen and oxygen atoms in total. The van der Waals surface area contributed by atoms with Gasteiger partial charge in [-0.25, -0.2) is 0 Å². The Hall–Kier alpha value is -2.78. The van der Waals surface area contributed by atoms with Crippen molar-refractivity contribution in [3.63, 3.8) is 0 Å². The fraction of sp³-hybridized carbons (Fsp3) is 0.167. The summed E-state index contributed by atoms with van der Waals surface area (Å²) in [5, 5.41) is 18.2. The van der Waals surface area contributed by atoms with Crippen LogP contribution in [0.25, 0.3) is 17.1 Å². The second kappa shape index (κ2) is 7.66. The van der Waals surface area contributed by atoms with Gasteiger partial charge in [0.25, 0.3) is 0 Å². The van der Waals surface area contributed by atoms with Crippen LogP contribution in [0.2, 0.25) is 0 Å². The Kier molecular flexibility index (Phi) is 5.14. The average molecular weight is 336 g/mol. The van der Waals surface area contributed by atoms with Crippen LogP contribution >= 0.6 is 11.8 Å². The van der Waals surface area contributed by atoms with Crippen LogP contribution in [0.4, 0.5) is 0 Å². The molecule has 0 aliphatic carbocycles. The molecule has 0 atom stereocenters. The van der Waals surface area contributed by atoms with Gasteiger partial charge in [0.2, 0.25) is 0 Å². The second-order valence-corrected chi connectivity index (χ2v) is 6.03. The molecular formula is C18H16N4OS. The number of thioether (sulfide) groups is 1. The van der Waals surface area contributed by atoms with Gasteiger partial charge in [0.05, 0.1) is 13.2 Å². The lowest BCUT2D eigenvalue weighted by Gasteiger charge is -2.10. The zero-order valence-electron chi connectivity index (χ0n) is 13.2. The average Bonchev–Trinajstić information content (AvgIpc) is 3.06. The Bertz CT molecular complexity index is 855. The Morgan fingerprint density at radius 1 is 1.12 bits per heavy atom. The van der Waals surface area contributed by atoms with Crippen LogP contribution < -0.4 is 4.74 Å². The van der Waals surface area contributed by atoms with E-state index in [9.17, 15) is 0 Å². The van der Waals surface area contributed by atoms with Crippen molar-refractivity contribution in [3.8, 4) is 28.9 Å². The van der Waals surface area contributed by atoms with Crippen molar-refractivity contribution < 1.29 is 4.74 Å². The first kappa shape index (κ1) is 16.1. The summed E-state index contributed by atoms with van der Waals surface area (Å²) in [5.74, 6) is 2.20. The molecule has 120 valence electrons. The van der Waals surface area contributed by atoms with Crippen LogP contribution in [0.15, 0.2) is 59.8 Å². The van der Waals surface area contributed by atoms with E-state index in [0.717, 1.165) is 28.0 Å². The summed E-state index contributed by atoms with van der Waals surface area (Å²) in [4.78, 5) is 0. The maximum atomic E-state index is 8.75. The number of nitrogens with zero attached hydrogens (tertiary/aromatic N) is 4. The monoisotopic (exact) mass is 336 g/mol. The summed E-state index contributed by atoms with van der Waals surface area (Å²) in [6.07, 6.45) is 0.473. The van der Waals surface area contributed by atoms with Gasteiger partial charge in [0.1, 0.15) is 5.75 Å². The molecular weight excluding hydrogens is 320 g/mol. The fourth-order valence-corrected chi connectivity index (χ4v) is 3.11. The fourth-order valence-electron chi connectivity index (χ4n) is 2.31. The van der Waals surface area contributed by atoms with Crippen LogP contribution in [-0.2, 0) is 0 Å². The van der Waals surface area contributed by atoms with Crippen LogP contribution in [0.5, 0.6) is 5.75 Å². The van der Waals surface area contributed by atoms with Gasteiger partial charge >= 0.3 is 0 Å². The zero-order valence-corrected chi connectivity index (χ0v) is 14.0. The molecule has 0 spiro atoms. The standard InChI is InChI=1S/C18H16N4OS/c1-23-16-10-5-7-14(13-16)17-20-21-18(24-12-6-11-19)22(17)15-8-3-2-4-9-15/h2-5,7-10,13H,6,12H2,1H3. The lowest BCUT2D eigenvalue weighted by Crippen LogP contribution is -2.00. The van der Waals surface area contributed by atoms with Crippen molar-refractivity contribution in [2.45, 2.75) is 11.6 Å². The number of benzene rings is 2. The minimum Gasteiger partial charge on any atom is -0.497 e. The number of nitriles is 1. The van der Waals surface area contributed by atoms with E-state index in [1.54, 1.807) is 7.11 Å². The van der Waals surface area contributed by atoms with E-state index in [-0.39, 0.29) is 0 Å². The molecule has 1 heterocycles. The molecule has 3 rings (SSSR count). The highest BCUT2D eigenvalue weighted by Crippen LogP contribution is 2.29. The van der Waals surface area contributed by atoms with Crippen LogP contribution in [0.3, 0.4) is 0 Å². The molecule has 0 unspecified atom stereocenters. The molecule has 0 aliphatic rings. The number of para-hydroxylation sites is 1. The van der Waals surface area contributed by atoms with Gasteiger partial charge in [-0.3, -0.25) is 4.57 Å². The summed E-state index contributed by atoms with van der Waals surface area (Å²) < 4.78 is 7.32. The number of aromatic nitrogens is 3. The Labute approximate surface area is 144 Å². The number of hydrogen-bond donors (Lipinski definition) is 0. The predicted molar refractivity (Wildman–Crippen MR) is 94.3 cm³/mol. The highest BCUT2D eigenvalue weighted by Gasteiger charge is 2.16. The van der Waals surface area contributed by atoms with Gasteiger partial charge in [-0.2, -0.15) is 5.26 Å². The topological polar surface area (TPSA) is 63.7 Å². The third-order valence-corrected chi connectivity index (χ3v) is 4.35. The molecule has 1 aromatic heterocycles. The second-order valence-electron chi connectivity index (χ2n) is 4.97. The molecule has 3 aromatic rings. The van der Waals surface area contributed by atoms with E-state index in [0.29, 0.717) is 12.2 Å². The van der Waals surface area contributed by atoms with Crippen LogP contribution in [0.1, 0.15) is 6.42 Å². The molecule has 2 aromatic carbocycles. The maximum Gasteiger partial charge on any atom is 0.196 e. The van der Waals surface area contributed by atoms with E-state index in [4.69, 9.17) is 10.00 Å². The molecule has 6 heteroatoms. The van der Waals surface area contributed by atoms with Crippen molar-refractivity contribution >= 4 is 11.8 Å². The first-order valence-electron chi connectivity index (χ1n) is 7.48. The van der Waals surface area contributed by atoms with Gasteiger partial charge in [-0.05, 0) is 24.3 Å². The summed E-state index contributed by atoms with van der Waals surface area (Å²) >= 11 is 1.53. The first-order chi connectivity index (χ1) is 11.8. The molecule has 0 radical (unpaired) electrons. The van der Waals surface area contributed by atoms with Gasteiger partial charge in [-0.15, -0.1) is 10.2 Å². The Morgan fingerprint density at radius 3 is 2.71 bits per heavy atom. The number of hydrogen-bond acceptors (Lipinski definition) is 5. The highest BCUT2D eigenvalue weighted by molar-refractivity contribution is 7.99. The van der Waals surface area contributed by atoms with Crippen molar-refractivity contribution in [1.82, 2.24) is 14.8 Å². The minimum atomic E-state index is 0.473. The minimum absolute atomic E-state index is 0.473. The van der Waals surface area contributed by atoms with E-state index < -0.39 is 0 Å². The first-order valence-corrected chi connectivity index (χ1v) is 8.47. The van der Waals surface area contributed by atoms with E-state index in [2.05, 4.69) is 16.3 Å². The number of methoxy groups -OCH3 is 1. The van der Waals surface area contributed by atoms with Crippen LogP contribution in [0, 0.1) is 11.3 Å². The van der Waals surface area contributed by atoms with Crippen molar-refractivity contribution in [1.29, 1.82) is 5.26 Å². The summed E-state index contributed by atoms with van der Waals surface area (Å²) in [6, 6.07) is 19.9. The molecule has 0 saturated carbocycles. The van der Waals surface area contributed by atoms with E-state index in [1.165, 1.54) is 11.8 Å². The molecule has 0 aliphatic heterocycles. The van der Waals surface area contributed by atoms with Gasteiger partial charge in [0, 0.05) is 23.4 Å². The van der Waals surface area contributed by atoms with Gasteiger partial charge < -0.3 is 4.74 Å². The van der Waals surface area contributed by atoms with Gasteiger partial charge in [-0.1, -0.05) is 42.1 Å². The third kappa shape index (κ3) is 3.42. The highest BCUT2D eigenvalue weighted by atomic mass is 32.2. The number of rotatable bonds is 6. The van der Waals surface area contributed by atoms with Crippen molar-refractivity contribution in [2.24, 2.45) is 0 Å². The summed E-state index contributed by atoms with van der Waals surface area (Å²) in [5.41, 5.74) is 1.91. The van der Waals surface area contributed by atoms with Crippen molar-refractivity contribution in [3.05, 3.63) is 54.6 Å². The predicted octanol–water partition coefficient (Wildman–Crippen LogP) is 3.95. The smallest absolute Gasteiger partial charge is 0.196 e. The largest absolute Gasteiger partial charge is 0.497 e. The summed E-state index contributed by atoms with van der Waals surface area (Å²) in [7, 11) is 1.64. The molecule has 0 N–H and O–H groups in total. The molecule has 0 bridgehead atoms. The maximum absolute atomic E-state index is 8.75. The number of ether oxygens (including phenoxy) is 1. The lowest BCUT2D eigenvalue weighted by molar-refractivity contribution is 0.415. The normalized spacial score (nSPS) is 10.3. The quantitative estimate of drug-likeness (QED) is 0.504. The van der Waals surface area contributed by atoms with Gasteiger partial charge in [0.15, 0.2) is 11.0 Å². The molecule has 24 heavy (non-hydrogen) atoms. The zero-order chi connectivity index (χ0) is 16.8. The molecule has 0 amide bonds. The third-order valence-electron chi connectivity index (χ3n) is 3.42. The Morgan fingerprint density at radius 2 is 1.96 bits per heavy atom. The van der Waals surface area contributed by atoms with E-state index in [1.807, 2.05) is 59.2 Å².